The lowest BCUT2D eigenvalue weighted by Gasteiger charge is -2.45. The van der Waals surface area contributed by atoms with Crippen molar-refractivity contribution in [3.05, 3.63) is 30.0 Å². The van der Waals surface area contributed by atoms with E-state index >= 15 is 0 Å². The van der Waals surface area contributed by atoms with Crippen LogP contribution in [0.5, 0.6) is 5.88 Å². The van der Waals surface area contributed by atoms with Gasteiger partial charge in [-0.25, -0.2) is 9.78 Å². The normalized spacial score (nSPS) is 22.4. The van der Waals surface area contributed by atoms with E-state index in [9.17, 15) is 22.8 Å². The Bertz CT molecular complexity index is 1260. The van der Waals surface area contributed by atoms with Crippen LogP contribution in [0.1, 0.15) is 44.1 Å². The molecule has 12 nitrogen and oxygen atoms in total. The molecule has 2 fully saturated rings. The Hall–Kier alpha value is -3.72. The Morgan fingerprint density at radius 1 is 1.23 bits per heavy atom. The smallest absolute Gasteiger partial charge is 0.408 e. The number of carbonyl (C=O) groups excluding carboxylic acids is 2. The van der Waals surface area contributed by atoms with E-state index in [4.69, 9.17) is 14.2 Å². The summed E-state index contributed by atoms with van der Waals surface area (Å²) in [6.07, 6.45) is -3.33. The lowest BCUT2D eigenvalue weighted by atomic mass is 9.99. The van der Waals surface area contributed by atoms with Gasteiger partial charge < -0.3 is 24.4 Å². The first kappa shape index (κ1) is 27.8. The zero-order chi connectivity index (χ0) is 28.7. The Balaban J connectivity index is 1.29. The summed E-state index contributed by atoms with van der Waals surface area (Å²) in [6, 6.07) is 3.18. The second-order valence-electron chi connectivity index (χ2n) is 10.3. The number of alkyl halides is 3. The molecule has 2 aromatic heterocycles. The average Bonchev–Trinajstić information content (AvgIpc) is 3.26. The number of pyridine rings is 1. The van der Waals surface area contributed by atoms with Crippen molar-refractivity contribution in [1.29, 1.82) is 0 Å². The Morgan fingerprint density at radius 2 is 2.02 bits per heavy atom. The molecule has 40 heavy (non-hydrogen) atoms. The molecule has 2 N–H and O–H groups in total. The van der Waals surface area contributed by atoms with Gasteiger partial charge in [0.15, 0.2) is 17.4 Å². The van der Waals surface area contributed by atoms with Gasteiger partial charge in [0.25, 0.3) is 5.91 Å². The van der Waals surface area contributed by atoms with E-state index < -0.39 is 29.9 Å². The predicted molar refractivity (Wildman–Crippen MR) is 136 cm³/mol. The van der Waals surface area contributed by atoms with E-state index in [0.29, 0.717) is 25.3 Å². The van der Waals surface area contributed by atoms with Crippen molar-refractivity contribution in [3.8, 4) is 5.88 Å². The molecular formula is C25H30F3N7O5. The van der Waals surface area contributed by atoms with Gasteiger partial charge in [0.1, 0.15) is 24.4 Å². The van der Waals surface area contributed by atoms with Gasteiger partial charge in [0.2, 0.25) is 5.88 Å². The molecule has 3 amide bonds. The number of hydrogen-bond donors (Lipinski definition) is 2. The highest BCUT2D eigenvalue weighted by Crippen LogP contribution is 2.38. The Labute approximate surface area is 228 Å². The largest absolute Gasteiger partial charge is 0.474 e. The van der Waals surface area contributed by atoms with Crippen molar-refractivity contribution >= 4 is 29.3 Å². The van der Waals surface area contributed by atoms with E-state index in [1.54, 1.807) is 12.1 Å². The van der Waals surface area contributed by atoms with Crippen molar-refractivity contribution in [2.45, 2.75) is 63.8 Å². The van der Waals surface area contributed by atoms with Gasteiger partial charge >= 0.3 is 12.2 Å². The zero-order valence-electron chi connectivity index (χ0n) is 22.2. The molecule has 2 aromatic rings. The summed E-state index contributed by atoms with van der Waals surface area (Å²) in [5, 5.41) is 12.6. The molecule has 0 radical (unpaired) electrons. The monoisotopic (exact) mass is 565 g/mol. The van der Waals surface area contributed by atoms with Gasteiger partial charge in [-0.15, -0.1) is 10.2 Å². The van der Waals surface area contributed by atoms with Crippen molar-refractivity contribution < 1.29 is 37.0 Å². The highest BCUT2D eigenvalue weighted by atomic mass is 19.4. The summed E-state index contributed by atoms with van der Waals surface area (Å²) in [6.45, 7) is 6.38. The van der Waals surface area contributed by atoms with E-state index in [1.165, 1.54) is 17.0 Å². The van der Waals surface area contributed by atoms with Crippen molar-refractivity contribution in [2.75, 3.05) is 41.4 Å². The topological polar surface area (TPSA) is 131 Å². The summed E-state index contributed by atoms with van der Waals surface area (Å²) < 4.78 is 55.7. The minimum atomic E-state index is -4.60. The minimum absolute atomic E-state index is 0.159. The maximum absolute atomic E-state index is 13.4. The third-order valence-electron chi connectivity index (χ3n) is 6.83. The molecule has 3 atom stereocenters. The fourth-order valence-corrected chi connectivity index (χ4v) is 4.82. The Morgan fingerprint density at radius 3 is 2.70 bits per heavy atom. The van der Waals surface area contributed by atoms with Crippen LogP contribution >= 0.6 is 0 Å². The summed E-state index contributed by atoms with van der Waals surface area (Å²) >= 11 is 0. The molecule has 0 aliphatic carbocycles. The molecule has 3 aliphatic heterocycles. The van der Waals surface area contributed by atoms with Crippen molar-refractivity contribution in [2.24, 2.45) is 0 Å². The molecule has 0 spiro atoms. The highest BCUT2D eigenvalue weighted by molar-refractivity contribution is 6.04. The fraction of sp³-hybridized carbons (Fsp3) is 0.560. The van der Waals surface area contributed by atoms with Crippen LogP contribution in [-0.4, -0.2) is 83.6 Å². The Kier molecular flexibility index (Phi) is 7.44. The number of aromatic nitrogens is 3. The standard InChI is InChI=1S/C25H30F3N7O5/c1-14(25(26,27)28)29-22(36)17-6-7-18-21(30-17)35(15-5-4-10-34(18)11-15)23(37)31-19-8-9-20(33-32-19)38-12-16-13-39-24(2,3)40-16/h6-9,14-16H,4-5,10-13H2,1-3H3,(H,29,36)(H,31,32,37)/t14?,15-,16-/m0/s1. The predicted octanol–water partition coefficient (Wildman–Crippen LogP) is 3.10. The second kappa shape index (κ2) is 10.7. The quantitative estimate of drug-likeness (QED) is 0.543. The zero-order valence-corrected chi connectivity index (χ0v) is 22.2. The van der Waals surface area contributed by atoms with Gasteiger partial charge in [-0.2, -0.15) is 13.2 Å². The third-order valence-corrected chi connectivity index (χ3v) is 6.83. The van der Waals surface area contributed by atoms with Crippen LogP contribution in [0.15, 0.2) is 24.3 Å². The number of carbonyl (C=O) groups is 2. The number of rotatable bonds is 6. The van der Waals surface area contributed by atoms with Gasteiger partial charge in [0.05, 0.1) is 18.3 Å². The lowest BCUT2D eigenvalue weighted by Crippen LogP contribution is -2.56. The molecule has 2 bridgehead atoms. The maximum atomic E-state index is 13.4. The molecule has 2 saturated heterocycles. The molecule has 0 aromatic carbocycles. The molecule has 216 valence electrons. The number of piperidine rings is 1. The van der Waals surface area contributed by atoms with Gasteiger partial charge in [-0.3, -0.25) is 15.0 Å². The first-order chi connectivity index (χ1) is 18.9. The first-order valence-corrected chi connectivity index (χ1v) is 12.9. The number of nitrogens with zero attached hydrogens (tertiary/aromatic N) is 5. The third kappa shape index (κ3) is 6.04. The summed E-state index contributed by atoms with van der Waals surface area (Å²) in [5.41, 5.74) is 0.387. The lowest BCUT2D eigenvalue weighted by molar-refractivity contribution is -0.149. The van der Waals surface area contributed by atoms with Gasteiger partial charge in [0, 0.05) is 19.2 Å². The molecule has 15 heteroatoms. The number of urea groups is 1. The summed E-state index contributed by atoms with van der Waals surface area (Å²) in [4.78, 5) is 33.8. The first-order valence-electron chi connectivity index (χ1n) is 12.9. The average molecular weight is 566 g/mol. The van der Waals surface area contributed by atoms with Crippen LogP contribution in [0.25, 0.3) is 0 Å². The van der Waals surface area contributed by atoms with Crippen molar-refractivity contribution in [1.82, 2.24) is 20.5 Å². The number of nitrogens with one attached hydrogen (secondary N) is 2. The summed E-state index contributed by atoms with van der Waals surface area (Å²) in [5.74, 6) is -1.07. The maximum Gasteiger partial charge on any atom is 0.408 e. The van der Waals surface area contributed by atoms with Crippen LogP contribution < -0.4 is 25.2 Å². The molecule has 0 saturated carbocycles. The molecule has 1 unspecified atom stereocenters. The van der Waals surface area contributed by atoms with Crippen LogP contribution in [-0.2, 0) is 9.47 Å². The van der Waals surface area contributed by atoms with Gasteiger partial charge in [-0.05, 0) is 51.8 Å². The minimum Gasteiger partial charge on any atom is -0.474 e. The van der Waals surface area contributed by atoms with Crippen LogP contribution in [0.4, 0.5) is 35.3 Å². The van der Waals surface area contributed by atoms with Crippen molar-refractivity contribution in [3.63, 3.8) is 0 Å². The number of fused-ring (bicyclic) bond motifs is 4. The number of halogens is 3. The summed E-state index contributed by atoms with van der Waals surface area (Å²) in [7, 11) is 0. The number of anilines is 3. The molecule has 5 rings (SSSR count). The highest BCUT2D eigenvalue weighted by Gasteiger charge is 2.40. The van der Waals surface area contributed by atoms with E-state index in [1.807, 2.05) is 24.1 Å². The molecule has 3 aliphatic rings. The second-order valence-corrected chi connectivity index (χ2v) is 10.3. The fourth-order valence-electron chi connectivity index (χ4n) is 4.82. The molecule has 5 heterocycles. The van der Waals surface area contributed by atoms with E-state index in [-0.39, 0.29) is 42.0 Å². The van der Waals surface area contributed by atoms with Crippen LogP contribution in [0.2, 0.25) is 0 Å². The van der Waals surface area contributed by atoms with E-state index in [2.05, 4.69) is 20.5 Å². The van der Waals surface area contributed by atoms with Crippen LogP contribution in [0.3, 0.4) is 0 Å². The number of amides is 3. The van der Waals surface area contributed by atoms with Crippen LogP contribution in [0, 0.1) is 0 Å². The van der Waals surface area contributed by atoms with E-state index in [0.717, 1.165) is 19.9 Å². The SMILES string of the molecule is CC(NC(=O)c1ccc2c(n1)N(C(=O)Nc1ccc(OC[C@H]3COC(C)(C)O3)nn1)[C@H]1CCCN2C1)C(F)(F)F. The van der Waals surface area contributed by atoms with Gasteiger partial charge in [-0.1, -0.05) is 0 Å². The number of ether oxygens (including phenoxy) is 3. The number of hydrogen-bond acceptors (Lipinski definition) is 9. The molecular weight excluding hydrogens is 535 g/mol.